The number of benzene rings is 1. The number of hydrogen-bond donors (Lipinski definition) is 2. The molecule has 0 radical (unpaired) electrons. The van der Waals surface area contributed by atoms with Crippen LogP contribution in [0, 0.1) is 6.92 Å². The van der Waals surface area contributed by atoms with Gasteiger partial charge < -0.3 is 11.1 Å². The highest BCUT2D eigenvalue weighted by molar-refractivity contribution is 9.10. The lowest BCUT2D eigenvalue weighted by Gasteiger charge is -2.12. The summed E-state index contributed by atoms with van der Waals surface area (Å²) in [6.07, 6.45) is 2.11. The zero-order valence-corrected chi connectivity index (χ0v) is 12.7. The molecule has 1 heterocycles. The standard InChI is InChI=1S/C15H16BrN3O/c1-10-7-12(9-18-14(10)16)19-15(20)13(17)8-11-5-3-2-4-6-11/h2-7,9,13H,8,17H2,1H3,(H,19,20). The van der Waals surface area contributed by atoms with E-state index in [0.717, 1.165) is 15.7 Å². The lowest BCUT2D eigenvalue weighted by Crippen LogP contribution is -2.37. The third kappa shape index (κ3) is 3.88. The van der Waals surface area contributed by atoms with Crippen LogP contribution in [0.1, 0.15) is 11.1 Å². The maximum Gasteiger partial charge on any atom is 0.241 e. The summed E-state index contributed by atoms with van der Waals surface area (Å²) in [5.74, 6) is -0.211. The zero-order chi connectivity index (χ0) is 14.5. The van der Waals surface area contributed by atoms with Crippen LogP contribution in [0.5, 0.6) is 0 Å². The highest BCUT2D eigenvalue weighted by atomic mass is 79.9. The number of rotatable bonds is 4. The van der Waals surface area contributed by atoms with Crippen molar-refractivity contribution in [2.75, 3.05) is 5.32 Å². The number of amides is 1. The van der Waals surface area contributed by atoms with Crippen LogP contribution in [0.15, 0.2) is 47.2 Å². The van der Waals surface area contributed by atoms with Gasteiger partial charge in [0.2, 0.25) is 5.91 Å². The highest BCUT2D eigenvalue weighted by Crippen LogP contribution is 2.17. The SMILES string of the molecule is Cc1cc(NC(=O)C(N)Cc2ccccc2)cnc1Br. The van der Waals surface area contributed by atoms with Crippen LogP contribution in [-0.2, 0) is 11.2 Å². The van der Waals surface area contributed by atoms with E-state index in [4.69, 9.17) is 5.73 Å². The molecule has 0 spiro atoms. The quantitative estimate of drug-likeness (QED) is 0.845. The van der Waals surface area contributed by atoms with Crippen LogP contribution in [0.25, 0.3) is 0 Å². The third-order valence-corrected chi connectivity index (χ3v) is 3.75. The molecule has 1 amide bonds. The Labute approximate surface area is 126 Å². The van der Waals surface area contributed by atoms with E-state index >= 15 is 0 Å². The number of pyridine rings is 1. The van der Waals surface area contributed by atoms with Gasteiger partial charge in [-0.3, -0.25) is 4.79 Å². The van der Waals surface area contributed by atoms with Gasteiger partial charge in [-0.05, 0) is 46.5 Å². The lowest BCUT2D eigenvalue weighted by atomic mass is 10.1. The smallest absolute Gasteiger partial charge is 0.241 e. The number of aromatic nitrogens is 1. The van der Waals surface area contributed by atoms with Crippen LogP contribution >= 0.6 is 15.9 Å². The number of nitrogens with two attached hydrogens (primary N) is 1. The Balaban J connectivity index is 1.99. The molecule has 0 aliphatic rings. The largest absolute Gasteiger partial charge is 0.323 e. The van der Waals surface area contributed by atoms with Gasteiger partial charge in [0, 0.05) is 0 Å². The minimum Gasteiger partial charge on any atom is -0.323 e. The minimum absolute atomic E-state index is 0.211. The highest BCUT2D eigenvalue weighted by Gasteiger charge is 2.14. The molecule has 0 fully saturated rings. The Morgan fingerprint density at radius 1 is 1.40 bits per heavy atom. The summed E-state index contributed by atoms with van der Waals surface area (Å²) in [7, 11) is 0. The Hall–Kier alpha value is -1.72. The maximum absolute atomic E-state index is 12.0. The van der Waals surface area contributed by atoms with Gasteiger partial charge in [0.15, 0.2) is 0 Å². The molecule has 1 atom stereocenters. The Morgan fingerprint density at radius 2 is 2.10 bits per heavy atom. The lowest BCUT2D eigenvalue weighted by molar-refractivity contribution is -0.117. The van der Waals surface area contributed by atoms with E-state index in [9.17, 15) is 4.79 Å². The van der Waals surface area contributed by atoms with Gasteiger partial charge in [-0.2, -0.15) is 0 Å². The number of carbonyl (C=O) groups excluding carboxylic acids is 1. The minimum atomic E-state index is -0.582. The molecule has 4 nitrogen and oxygen atoms in total. The molecule has 20 heavy (non-hydrogen) atoms. The molecule has 2 rings (SSSR count). The second-order valence-electron chi connectivity index (χ2n) is 4.62. The van der Waals surface area contributed by atoms with Crippen molar-refractivity contribution in [1.29, 1.82) is 0 Å². The van der Waals surface area contributed by atoms with Crippen molar-refractivity contribution in [2.45, 2.75) is 19.4 Å². The number of carbonyl (C=O) groups is 1. The fourth-order valence-corrected chi connectivity index (χ4v) is 2.04. The van der Waals surface area contributed by atoms with Crippen molar-refractivity contribution < 1.29 is 4.79 Å². The molecule has 1 aromatic heterocycles. The first-order valence-corrected chi connectivity index (χ1v) is 7.08. The van der Waals surface area contributed by atoms with Crippen molar-refractivity contribution in [1.82, 2.24) is 4.98 Å². The second-order valence-corrected chi connectivity index (χ2v) is 5.37. The van der Waals surface area contributed by atoms with Gasteiger partial charge in [0.25, 0.3) is 0 Å². The van der Waals surface area contributed by atoms with Crippen LogP contribution in [0.3, 0.4) is 0 Å². The summed E-state index contributed by atoms with van der Waals surface area (Å²) in [6, 6.07) is 11.0. The fourth-order valence-electron chi connectivity index (χ4n) is 1.82. The summed E-state index contributed by atoms with van der Waals surface area (Å²) in [4.78, 5) is 16.2. The first-order valence-electron chi connectivity index (χ1n) is 6.29. The van der Waals surface area contributed by atoms with Crippen molar-refractivity contribution in [3.05, 3.63) is 58.3 Å². The van der Waals surface area contributed by atoms with Crippen molar-refractivity contribution in [3.8, 4) is 0 Å². The Bertz CT molecular complexity index is 601. The molecular formula is C15H16BrN3O. The molecule has 0 bridgehead atoms. The van der Waals surface area contributed by atoms with E-state index in [1.807, 2.05) is 43.3 Å². The van der Waals surface area contributed by atoms with Gasteiger partial charge in [0.1, 0.15) is 4.60 Å². The Kier molecular flexibility index (Phi) is 4.87. The number of anilines is 1. The van der Waals surface area contributed by atoms with Gasteiger partial charge >= 0.3 is 0 Å². The van der Waals surface area contributed by atoms with E-state index in [2.05, 4.69) is 26.2 Å². The number of hydrogen-bond acceptors (Lipinski definition) is 3. The van der Waals surface area contributed by atoms with Gasteiger partial charge in [-0.25, -0.2) is 4.98 Å². The number of halogens is 1. The van der Waals surface area contributed by atoms with Gasteiger partial charge in [-0.1, -0.05) is 30.3 Å². The van der Waals surface area contributed by atoms with E-state index in [1.54, 1.807) is 6.20 Å². The molecule has 1 unspecified atom stereocenters. The summed E-state index contributed by atoms with van der Waals surface area (Å²) >= 11 is 3.32. The summed E-state index contributed by atoms with van der Waals surface area (Å²) < 4.78 is 0.768. The fraction of sp³-hybridized carbons (Fsp3) is 0.200. The topological polar surface area (TPSA) is 68.0 Å². The zero-order valence-electron chi connectivity index (χ0n) is 11.1. The maximum atomic E-state index is 12.0. The summed E-state index contributed by atoms with van der Waals surface area (Å²) in [5.41, 5.74) is 8.58. The second kappa shape index (κ2) is 6.63. The molecule has 0 aliphatic heterocycles. The first-order chi connectivity index (χ1) is 9.56. The molecule has 104 valence electrons. The van der Waals surface area contributed by atoms with Gasteiger partial charge in [-0.15, -0.1) is 0 Å². The van der Waals surface area contributed by atoms with E-state index < -0.39 is 6.04 Å². The van der Waals surface area contributed by atoms with Gasteiger partial charge in [0.05, 0.1) is 17.9 Å². The third-order valence-electron chi connectivity index (χ3n) is 2.92. The average Bonchev–Trinajstić information content (AvgIpc) is 2.44. The van der Waals surface area contributed by atoms with E-state index in [0.29, 0.717) is 12.1 Å². The van der Waals surface area contributed by atoms with Crippen LogP contribution < -0.4 is 11.1 Å². The first kappa shape index (κ1) is 14.7. The van der Waals surface area contributed by atoms with E-state index in [-0.39, 0.29) is 5.91 Å². The molecule has 2 aromatic rings. The van der Waals surface area contributed by atoms with Crippen LogP contribution in [0.4, 0.5) is 5.69 Å². The number of aryl methyl sites for hydroxylation is 1. The molecule has 5 heteroatoms. The van der Waals surface area contributed by atoms with Crippen molar-refractivity contribution >= 4 is 27.5 Å². The molecular weight excluding hydrogens is 318 g/mol. The number of nitrogens with one attached hydrogen (secondary N) is 1. The predicted molar refractivity (Wildman–Crippen MR) is 83.4 cm³/mol. The predicted octanol–water partition coefficient (Wildman–Crippen LogP) is 2.66. The summed E-state index contributed by atoms with van der Waals surface area (Å²) in [6.45, 7) is 1.91. The monoisotopic (exact) mass is 333 g/mol. The Morgan fingerprint density at radius 3 is 2.75 bits per heavy atom. The molecule has 0 saturated carbocycles. The van der Waals surface area contributed by atoms with Crippen LogP contribution in [-0.4, -0.2) is 16.9 Å². The van der Waals surface area contributed by atoms with Crippen molar-refractivity contribution in [3.63, 3.8) is 0 Å². The summed E-state index contributed by atoms with van der Waals surface area (Å²) in [5, 5.41) is 2.78. The molecule has 0 saturated heterocycles. The van der Waals surface area contributed by atoms with Crippen LogP contribution in [0.2, 0.25) is 0 Å². The average molecular weight is 334 g/mol. The molecule has 1 aromatic carbocycles. The number of nitrogens with zero attached hydrogens (tertiary/aromatic N) is 1. The molecule has 3 N–H and O–H groups in total. The normalized spacial score (nSPS) is 11.9. The molecule has 0 aliphatic carbocycles. The van der Waals surface area contributed by atoms with Crippen molar-refractivity contribution in [2.24, 2.45) is 5.73 Å². The van der Waals surface area contributed by atoms with E-state index in [1.165, 1.54) is 0 Å².